The van der Waals surface area contributed by atoms with Crippen molar-refractivity contribution in [2.75, 3.05) is 13.1 Å². The van der Waals surface area contributed by atoms with E-state index >= 15 is 0 Å². The van der Waals surface area contributed by atoms with Crippen LogP contribution in [0, 0.1) is 17.7 Å². The van der Waals surface area contributed by atoms with E-state index in [2.05, 4.69) is 36.2 Å². The van der Waals surface area contributed by atoms with Gasteiger partial charge >= 0.3 is 0 Å². The first-order valence-electron chi connectivity index (χ1n) is 12.7. The Morgan fingerprint density at radius 3 is 2.49 bits per heavy atom. The number of halogens is 1. The number of benzene rings is 2. The van der Waals surface area contributed by atoms with Crippen LogP contribution < -0.4 is 0 Å². The van der Waals surface area contributed by atoms with Gasteiger partial charge in [-0.05, 0) is 84.5 Å². The second-order valence-electron chi connectivity index (χ2n) is 10.6. The van der Waals surface area contributed by atoms with Gasteiger partial charge in [-0.15, -0.1) is 0 Å². The SMILES string of the molecule is C=C(C1CCCC1)N1CC[C@@H](c2cn(C)c3ccc(CS(=O)(=O)c4ccc(F)cc4)cc23)[C@@H](C)C1. The zero-order valence-electron chi connectivity index (χ0n) is 20.7. The molecule has 2 atom stereocenters. The van der Waals surface area contributed by atoms with E-state index in [4.69, 9.17) is 0 Å². The monoisotopic (exact) mass is 494 g/mol. The fraction of sp³-hybridized carbons (Fsp3) is 0.448. The molecule has 2 aliphatic rings. The number of fused-ring (bicyclic) bond motifs is 1. The lowest BCUT2D eigenvalue weighted by atomic mass is 9.80. The highest BCUT2D eigenvalue weighted by Gasteiger charge is 2.32. The van der Waals surface area contributed by atoms with Crippen LogP contribution in [-0.4, -0.2) is 31.0 Å². The van der Waals surface area contributed by atoms with Crippen LogP contribution in [0.4, 0.5) is 4.39 Å². The van der Waals surface area contributed by atoms with Crippen molar-refractivity contribution >= 4 is 20.7 Å². The number of piperidine rings is 1. The maximum atomic E-state index is 13.3. The van der Waals surface area contributed by atoms with E-state index in [1.165, 1.54) is 61.2 Å². The van der Waals surface area contributed by atoms with Crippen LogP contribution in [0.25, 0.3) is 10.9 Å². The highest BCUT2D eigenvalue weighted by atomic mass is 32.2. The third-order valence-corrected chi connectivity index (χ3v) is 9.86. The molecule has 0 spiro atoms. The van der Waals surface area contributed by atoms with E-state index in [1.54, 1.807) is 0 Å². The van der Waals surface area contributed by atoms with Gasteiger partial charge in [-0.1, -0.05) is 32.4 Å². The molecular weight excluding hydrogens is 459 g/mol. The van der Waals surface area contributed by atoms with Gasteiger partial charge < -0.3 is 9.47 Å². The molecule has 4 nitrogen and oxygen atoms in total. The number of rotatable bonds is 6. The van der Waals surface area contributed by atoms with Gasteiger partial charge in [-0.2, -0.15) is 0 Å². The van der Waals surface area contributed by atoms with Crippen LogP contribution >= 0.6 is 0 Å². The molecule has 0 bridgehead atoms. The number of sulfone groups is 1. The average Bonchev–Trinajstić information content (AvgIpc) is 3.47. The molecule has 1 aliphatic heterocycles. The molecule has 3 aromatic rings. The summed E-state index contributed by atoms with van der Waals surface area (Å²) in [6, 6.07) is 11.0. The first-order valence-corrected chi connectivity index (χ1v) is 14.4. The Morgan fingerprint density at radius 1 is 1.09 bits per heavy atom. The van der Waals surface area contributed by atoms with E-state index < -0.39 is 15.7 Å². The number of aryl methyl sites for hydroxylation is 1. The first-order chi connectivity index (χ1) is 16.7. The standard InChI is InChI=1S/C29H35FN2O2S/c1-20-17-32(21(2)23-6-4-5-7-23)15-14-26(20)28-18-31(3)29-13-8-22(16-27(28)29)19-35(33,34)25-11-9-24(30)10-12-25/h8-13,16,18,20,23,26H,2,4-7,14-15,17,19H2,1,3H3/t20-,26+/m0/s1. The lowest BCUT2D eigenvalue weighted by molar-refractivity contribution is 0.186. The molecule has 2 fully saturated rings. The lowest BCUT2D eigenvalue weighted by Gasteiger charge is -2.40. The molecule has 0 radical (unpaired) electrons. The van der Waals surface area contributed by atoms with Crippen LogP contribution in [0.5, 0.6) is 0 Å². The van der Waals surface area contributed by atoms with Crippen molar-refractivity contribution in [3.63, 3.8) is 0 Å². The van der Waals surface area contributed by atoms with Gasteiger partial charge in [-0.3, -0.25) is 0 Å². The molecule has 1 aromatic heterocycles. The second-order valence-corrected chi connectivity index (χ2v) is 12.5. The minimum absolute atomic E-state index is 0.0991. The zero-order chi connectivity index (χ0) is 24.7. The van der Waals surface area contributed by atoms with Gasteiger partial charge in [0.25, 0.3) is 0 Å². The summed E-state index contributed by atoms with van der Waals surface area (Å²) in [7, 11) is -1.50. The van der Waals surface area contributed by atoms with E-state index in [0.29, 0.717) is 17.8 Å². The Balaban J connectivity index is 1.38. The molecule has 0 unspecified atom stereocenters. The summed E-state index contributed by atoms with van der Waals surface area (Å²) in [5, 5.41) is 1.14. The Labute approximate surface area is 208 Å². The number of hydrogen-bond acceptors (Lipinski definition) is 3. The molecule has 0 amide bonds. The van der Waals surface area contributed by atoms with Crippen molar-refractivity contribution in [3.05, 3.63) is 77.9 Å². The molecule has 5 rings (SSSR count). The Hall–Kier alpha value is -2.60. The predicted octanol–water partition coefficient (Wildman–Crippen LogP) is 6.42. The molecule has 0 N–H and O–H groups in total. The van der Waals surface area contributed by atoms with Crippen LogP contribution in [0.3, 0.4) is 0 Å². The van der Waals surface area contributed by atoms with E-state index in [1.807, 2.05) is 18.2 Å². The maximum Gasteiger partial charge on any atom is 0.182 e. The smallest absolute Gasteiger partial charge is 0.182 e. The third-order valence-electron chi connectivity index (χ3n) is 8.15. The summed E-state index contributed by atoms with van der Waals surface area (Å²) in [6.45, 7) is 8.85. The summed E-state index contributed by atoms with van der Waals surface area (Å²) in [5.41, 5.74) is 4.52. The molecule has 35 heavy (non-hydrogen) atoms. The molecule has 6 heteroatoms. The van der Waals surface area contributed by atoms with Crippen molar-refractivity contribution in [3.8, 4) is 0 Å². The van der Waals surface area contributed by atoms with E-state index in [9.17, 15) is 12.8 Å². The summed E-state index contributed by atoms with van der Waals surface area (Å²) >= 11 is 0. The first kappa shape index (κ1) is 24.1. The van der Waals surface area contributed by atoms with Crippen molar-refractivity contribution in [1.82, 2.24) is 9.47 Å². The minimum Gasteiger partial charge on any atom is -0.375 e. The molecule has 1 saturated carbocycles. The lowest BCUT2D eigenvalue weighted by Crippen LogP contribution is -2.39. The normalized spacial score (nSPS) is 21.6. The topological polar surface area (TPSA) is 42.3 Å². The van der Waals surface area contributed by atoms with Crippen LogP contribution in [0.2, 0.25) is 0 Å². The van der Waals surface area contributed by atoms with Crippen LogP contribution in [-0.2, 0) is 22.6 Å². The molecule has 1 aliphatic carbocycles. The van der Waals surface area contributed by atoms with E-state index in [-0.39, 0.29) is 10.6 Å². The number of nitrogens with zero attached hydrogens (tertiary/aromatic N) is 2. The second kappa shape index (κ2) is 9.45. The van der Waals surface area contributed by atoms with Crippen molar-refractivity contribution in [2.24, 2.45) is 18.9 Å². The van der Waals surface area contributed by atoms with Gasteiger partial charge in [0.2, 0.25) is 0 Å². The minimum atomic E-state index is -3.56. The summed E-state index contributed by atoms with van der Waals surface area (Å²) in [5.74, 6) is 1.03. The summed E-state index contributed by atoms with van der Waals surface area (Å²) in [4.78, 5) is 2.67. The van der Waals surface area contributed by atoms with Gasteiger partial charge in [0.05, 0.1) is 10.6 Å². The van der Waals surface area contributed by atoms with Crippen molar-refractivity contribution in [2.45, 2.75) is 55.6 Å². The van der Waals surface area contributed by atoms with Gasteiger partial charge in [0.1, 0.15) is 5.82 Å². The fourth-order valence-corrected chi connectivity index (χ4v) is 7.52. The van der Waals surface area contributed by atoms with Crippen molar-refractivity contribution in [1.29, 1.82) is 0 Å². The van der Waals surface area contributed by atoms with Crippen LogP contribution in [0.1, 0.15) is 56.1 Å². The van der Waals surface area contributed by atoms with E-state index in [0.717, 1.165) is 36.0 Å². The number of hydrogen-bond donors (Lipinski definition) is 0. The maximum absolute atomic E-state index is 13.3. The summed E-state index contributed by atoms with van der Waals surface area (Å²) in [6.07, 6.45) is 8.51. The highest BCUT2D eigenvalue weighted by Crippen LogP contribution is 2.41. The number of aromatic nitrogens is 1. The molecule has 1 saturated heterocycles. The van der Waals surface area contributed by atoms with Gasteiger partial charge in [0.15, 0.2) is 9.84 Å². The average molecular weight is 495 g/mol. The van der Waals surface area contributed by atoms with Crippen LogP contribution in [0.15, 0.2) is 65.8 Å². The van der Waals surface area contributed by atoms with Gasteiger partial charge in [-0.25, -0.2) is 12.8 Å². The molecule has 2 aromatic carbocycles. The number of allylic oxidation sites excluding steroid dienone is 1. The largest absolute Gasteiger partial charge is 0.375 e. The highest BCUT2D eigenvalue weighted by molar-refractivity contribution is 7.90. The van der Waals surface area contributed by atoms with Gasteiger partial charge in [0, 0.05) is 42.9 Å². The predicted molar refractivity (Wildman–Crippen MR) is 139 cm³/mol. The third kappa shape index (κ3) is 4.77. The Bertz CT molecular complexity index is 1340. The number of likely N-dealkylation sites (tertiary alicyclic amines) is 1. The molecular formula is C29H35FN2O2S. The quantitative estimate of drug-likeness (QED) is 0.371. The molecule has 2 heterocycles. The Morgan fingerprint density at radius 2 is 1.80 bits per heavy atom. The zero-order valence-corrected chi connectivity index (χ0v) is 21.5. The summed E-state index contributed by atoms with van der Waals surface area (Å²) < 4.78 is 41.3. The Kier molecular flexibility index (Phi) is 6.51. The fourth-order valence-electron chi connectivity index (χ4n) is 6.19. The van der Waals surface area contributed by atoms with Crippen molar-refractivity contribution < 1.29 is 12.8 Å². The molecule has 186 valence electrons.